The Bertz CT molecular complexity index is 322. The predicted octanol–water partition coefficient (Wildman–Crippen LogP) is 0.644. The number of nitrogen functional groups attached to an aromatic ring is 1. The van der Waals surface area contributed by atoms with Gasteiger partial charge in [-0.05, 0) is 18.8 Å². The van der Waals surface area contributed by atoms with Gasteiger partial charge in [0.1, 0.15) is 0 Å². The van der Waals surface area contributed by atoms with E-state index < -0.39 is 0 Å². The van der Waals surface area contributed by atoms with Crippen LogP contribution >= 0.6 is 0 Å². The van der Waals surface area contributed by atoms with Gasteiger partial charge in [0.2, 0.25) is 0 Å². The van der Waals surface area contributed by atoms with Crippen LogP contribution in [0.2, 0.25) is 0 Å². The molecule has 4 heteroatoms. The van der Waals surface area contributed by atoms with Crippen molar-refractivity contribution < 1.29 is 4.74 Å². The Balaban J connectivity index is 1.79. The van der Waals surface area contributed by atoms with Gasteiger partial charge in [0.05, 0.1) is 18.8 Å². The lowest BCUT2D eigenvalue weighted by Crippen LogP contribution is -2.40. The minimum Gasteiger partial charge on any atom is -0.373 e. The van der Waals surface area contributed by atoms with Crippen molar-refractivity contribution in [2.24, 2.45) is 5.92 Å². The standard InChI is InChI=1S/C9H13N3O/c10-8-11-1-2-12(8)6-9-3-7(4-9)5-13-9/h1-2,7H,3-6H2,(H2,10,11). The number of anilines is 1. The highest BCUT2D eigenvalue weighted by atomic mass is 16.5. The number of rotatable bonds is 2. The molecule has 0 radical (unpaired) electrons. The van der Waals surface area contributed by atoms with Gasteiger partial charge in [-0.15, -0.1) is 0 Å². The number of imidazole rings is 1. The van der Waals surface area contributed by atoms with Crippen LogP contribution in [0.4, 0.5) is 5.95 Å². The number of aromatic nitrogens is 2. The fourth-order valence-corrected chi connectivity index (χ4v) is 2.48. The van der Waals surface area contributed by atoms with Crippen molar-refractivity contribution >= 4 is 5.95 Å². The first kappa shape index (κ1) is 7.38. The molecule has 0 atom stereocenters. The van der Waals surface area contributed by atoms with E-state index in [9.17, 15) is 0 Å². The highest BCUT2D eigenvalue weighted by Crippen LogP contribution is 2.49. The normalized spacial score (nSPS) is 36.2. The van der Waals surface area contributed by atoms with E-state index in [-0.39, 0.29) is 5.60 Å². The summed E-state index contributed by atoms with van der Waals surface area (Å²) >= 11 is 0. The van der Waals surface area contributed by atoms with Gasteiger partial charge in [-0.2, -0.15) is 0 Å². The van der Waals surface area contributed by atoms with E-state index in [4.69, 9.17) is 10.5 Å². The Morgan fingerprint density at radius 1 is 1.69 bits per heavy atom. The fourth-order valence-electron chi connectivity index (χ4n) is 2.48. The second kappa shape index (κ2) is 2.26. The summed E-state index contributed by atoms with van der Waals surface area (Å²) in [5.41, 5.74) is 5.79. The van der Waals surface area contributed by atoms with Gasteiger partial charge in [0.15, 0.2) is 5.95 Å². The molecule has 2 bridgehead atoms. The first-order valence-electron chi connectivity index (χ1n) is 4.68. The Kier molecular flexibility index (Phi) is 1.28. The van der Waals surface area contributed by atoms with Crippen LogP contribution < -0.4 is 5.73 Å². The zero-order valence-corrected chi connectivity index (χ0v) is 7.44. The maximum atomic E-state index is 5.74. The zero-order chi connectivity index (χ0) is 8.89. The van der Waals surface area contributed by atoms with Gasteiger partial charge in [0.25, 0.3) is 0 Å². The molecule has 4 nitrogen and oxygen atoms in total. The molecule has 0 amide bonds. The van der Waals surface area contributed by atoms with E-state index in [0.717, 1.165) is 19.1 Å². The minimum absolute atomic E-state index is 0.0967. The minimum atomic E-state index is 0.0967. The predicted molar refractivity (Wildman–Crippen MR) is 48.0 cm³/mol. The molecule has 0 aromatic carbocycles. The number of hydrogen-bond donors (Lipinski definition) is 1. The van der Waals surface area contributed by atoms with E-state index in [1.165, 1.54) is 12.8 Å². The molecular formula is C9H13N3O. The molecule has 1 aromatic heterocycles. The number of fused-ring (bicyclic) bond motifs is 1. The third kappa shape index (κ3) is 0.983. The van der Waals surface area contributed by atoms with Crippen LogP contribution in [0.5, 0.6) is 0 Å². The van der Waals surface area contributed by atoms with E-state index in [1.807, 2.05) is 10.8 Å². The lowest BCUT2D eigenvalue weighted by molar-refractivity contribution is -0.0130. The SMILES string of the molecule is Nc1nccn1CC12CC(CO1)C2. The van der Waals surface area contributed by atoms with Crippen molar-refractivity contribution in [3.8, 4) is 0 Å². The van der Waals surface area contributed by atoms with Crippen LogP contribution in [0.15, 0.2) is 12.4 Å². The van der Waals surface area contributed by atoms with Crippen LogP contribution in [0.25, 0.3) is 0 Å². The summed E-state index contributed by atoms with van der Waals surface area (Å²) in [6, 6.07) is 0. The Labute approximate surface area is 76.7 Å². The average Bonchev–Trinajstić information content (AvgIpc) is 2.67. The monoisotopic (exact) mass is 179 g/mol. The summed E-state index contributed by atoms with van der Waals surface area (Å²) < 4.78 is 7.71. The maximum Gasteiger partial charge on any atom is 0.200 e. The quantitative estimate of drug-likeness (QED) is 0.725. The van der Waals surface area contributed by atoms with Gasteiger partial charge in [0, 0.05) is 12.4 Å². The van der Waals surface area contributed by atoms with Crippen molar-refractivity contribution in [1.82, 2.24) is 9.55 Å². The second-order valence-electron chi connectivity index (χ2n) is 4.18. The highest BCUT2D eigenvalue weighted by Gasteiger charge is 2.52. The van der Waals surface area contributed by atoms with Crippen LogP contribution in [0.3, 0.4) is 0 Å². The molecule has 1 aromatic rings. The fraction of sp³-hybridized carbons (Fsp3) is 0.667. The Morgan fingerprint density at radius 2 is 2.54 bits per heavy atom. The van der Waals surface area contributed by atoms with Crippen molar-refractivity contribution in [3.63, 3.8) is 0 Å². The summed E-state index contributed by atoms with van der Waals surface area (Å²) in [6.07, 6.45) is 6.05. The van der Waals surface area contributed by atoms with Gasteiger partial charge in [-0.25, -0.2) is 4.98 Å². The summed E-state index contributed by atoms with van der Waals surface area (Å²) in [6.45, 7) is 1.81. The van der Waals surface area contributed by atoms with Crippen LogP contribution in [-0.2, 0) is 11.3 Å². The number of nitrogens with zero attached hydrogens (tertiary/aromatic N) is 2. The lowest BCUT2D eigenvalue weighted by atomic mass is 9.74. The van der Waals surface area contributed by atoms with Crippen LogP contribution in [0.1, 0.15) is 12.8 Å². The Hall–Kier alpha value is -1.03. The summed E-state index contributed by atoms with van der Waals surface area (Å²) in [4.78, 5) is 3.99. The average molecular weight is 179 g/mol. The molecule has 4 rings (SSSR count). The van der Waals surface area contributed by atoms with Gasteiger partial charge < -0.3 is 15.0 Å². The van der Waals surface area contributed by atoms with Crippen molar-refractivity contribution in [1.29, 1.82) is 0 Å². The smallest absolute Gasteiger partial charge is 0.200 e. The molecule has 1 saturated carbocycles. The molecule has 2 N–H and O–H groups in total. The van der Waals surface area contributed by atoms with Crippen LogP contribution in [0, 0.1) is 5.92 Å². The molecule has 3 aliphatic rings. The molecule has 70 valence electrons. The van der Waals surface area contributed by atoms with E-state index >= 15 is 0 Å². The maximum absolute atomic E-state index is 5.74. The number of nitrogens with two attached hydrogens (primary N) is 1. The van der Waals surface area contributed by atoms with E-state index in [2.05, 4.69) is 4.98 Å². The molecule has 3 heterocycles. The Morgan fingerprint density at radius 3 is 3.08 bits per heavy atom. The highest BCUT2D eigenvalue weighted by molar-refractivity contribution is 5.18. The third-order valence-electron chi connectivity index (χ3n) is 3.15. The lowest BCUT2D eigenvalue weighted by Gasteiger charge is -2.36. The first-order valence-corrected chi connectivity index (χ1v) is 4.68. The number of ether oxygens (including phenoxy) is 1. The van der Waals surface area contributed by atoms with Crippen molar-refractivity contribution in [2.45, 2.75) is 25.0 Å². The van der Waals surface area contributed by atoms with Gasteiger partial charge >= 0.3 is 0 Å². The second-order valence-corrected chi connectivity index (χ2v) is 4.18. The van der Waals surface area contributed by atoms with E-state index in [1.54, 1.807) is 6.20 Å². The topological polar surface area (TPSA) is 53.1 Å². The summed E-state index contributed by atoms with van der Waals surface area (Å²) in [5, 5.41) is 0. The third-order valence-corrected chi connectivity index (χ3v) is 3.15. The number of hydrogen-bond acceptors (Lipinski definition) is 3. The van der Waals surface area contributed by atoms with Crippen molar-refractivity contribution in [2.75, 3.05) is 12.3 Å². The summed E-state index contributed by atoms with van der Waals surface area (Å²) in [5.74, 6) is 1.40. The first-order chi connectivity index (χ1) is 6.27. The van der Waals surface area contributed by atoms with Crippen LogP contribution in [-0.4, -0.2) is 21.8 Å². The molecule has 1 aliphatic carbocycles. The van der Waals surface area contributed by atoms with E-state index in [0.29, 0.717) is 5.95 Å². The molecule has 2 saturated heterocycles. The molecule has 3 fully saturated rings. The van der Waals surface area contributed by atoms with Crippen molar-refractivity contribution in [3.05, 3.63) is 12.4 Å². The molecule has 0 spiro atoms. The summed E-state index contributed by atoms with van der Waals surface area (Å²) in [7, 11) is 0. The molecule has 0 unspecified atom stereocenters. The van der Waals surface area contributed by atoms with Gasteiger partial charge in [-0.1, -0.05) is 0 Å². The molecule has 13 heavy (non-hydrogen) atoms. The molecule has 2 aliphatic heterocycles. The zero-order valence-electron chi connectivity index (χ0n) is 7.44. The van der Waals surface area contributed by atoms with Gasteiger partial charge in [-0.3, -0.25) is 0 Å². The largest absolute Gasteiger partial charge is 0.373 e. The molecular weight excluding hydrogens is 166 g/mol.